The van der Waals surface area contributed by atoms with E-state index in [1.165, 1.54) is 12.1 Å². The normalized spacial score (nSPS) is 18.3. The van der Waals surface area contributed by atoms with Crippen LogP contribution in [0.4, 0.5) is 4.79 Å². The lowest BCUT2D eigenvalue weighted by Gasteiger charge is -2.33. The molecular weight excluding hydrogens is 431 g/mol. The first kappa shape index (κ1) is 22.5. The van der Waals surface area contributed by atoms with Crippen molar-refractivity contribution in [2.75, 3.05) is 13.1 Å². The molecule has 0 bridgehead atoms. The van der Waals surface area contributed by atoms with Crippen LogP contribution in [0, 0.1) is 0 Å². The molecular formula is C20H26Cl2N4O4. The van der Waals surface area contributed by atoms with Gasteiger partial charge in [0.25, 0.3) is 5.91 Å². The Balaban J connectivity index is 1.45. The molecule has 1 saturated carbocycles. The van der Waals surface area contributed by atoms with E-state index < -0.39 is 11.9 Å². The molecule has 1 aromatic carbocycles. The van der Waals surface area contributed by atoms with Crippen LogP contribution in [-0.2, 0) is 4.79 Å². The van der Waals surface area contributed by atoms with E-state index in [-0.39, 0.29) is 45.4 Å². The largest absolute Gasteiger partial charge is 0.506 e. The lowest BCUT2D eigenvalue weighted by molar-refractivity contribution is -0.123. The molecule has 0 unspecified atom stereocenters. The summed E-state index contributed by atoms with van der Waals surface area (Å²) in [6.45, 7) is 2.55. The summed E-state index contributed by atoms with van der Waals surface area (Å²) in [6.07, 6.45) is 4.21. The number of amides is 4. The smallest absolute Gasteiger partial charge is 0.318 e. The number of carbonyl (C=O) groups excluding carboxylic acids is 3. The summed E-state index contributed by atoms with van der Waals surface area (Å²) in [5, 5.41) is 18.8. The van der Waals surface area contributed by atoms with E-state index in [1.54, 1.807) is 11.8 Å². The molecule has 4 N–H and O–H groups in total. The highest BCUT2D eigenvalue weighted by Crippen LogP contribution is 2.31. The molecule has 30 heavy (non-hydrogen) atoms. The number of phenols is 1. The van der Waals surface area contributed by atoms with E-state index in [4.69, 9.17) is 23.2 Å². The molecule has 0 aromatic heterocycles. The number of rotatable bonds is 5. The van der Waals surface area contributed by atoms with Crippen LogP contribution in [0.2, 0.25) is 10.0 Å². The maximum atomic E-state index is 12.5. The first-order chi connectivity index (χ1) is 14.2. The van der Waals surface area contributed by atoms with Crippen molar-refractivity contribution in [3.8, 4) is 5.75 Å². The second-order valence-corrected chi connectivity index (χ2v) is 8.67. The topological polar surface area (TPSA) is 111 Å². The second-order valence-electron chi connectivity index (χ2n) is 7.83. The van der Waals surface area contributed by atoms with Crippen molar-refractivity contribution in [1.29, 1.82) is 0 Å². The van der Waals surface area contributed by atoms with Gasteiger partial charge in [-0.1, -0.05) is 23.2 Å². The maximum absolute atomic E-state index is 12.5. The average molecular weight is 457 g/mol. The van der Waals surface area contributed by atoms with Gasteiger partial charge < -0.3 is 26.0 Å². The molecule has 1 aliphatic heterocycles. The number of carbonyl (C=O) groups is 3. The summed E-state index contributed by atoms with van der Waals surface area (Å²) >= 11 is 11.8. The minimum atomic E-state index is -0.605. The zero-order valence-corrected chi connectivity index (χ0v) is 18.2. The fraction of sp³-hybridized carbons (Fsp3) is 0.550. The fourth-order valence-electron chi connectivity index (χ4n) is 3.45. The number of nitrogens with zero attached hydrogens (tertiary/aromatic N) is 1. The van der Waals surface area contributed by atoms with Gasteiger partial charge in [-0.2, -0.15) is 0 Å². The molecule has 164 valence electrons. The number of nitrogens with one attached hydrogen (secondary N) is 3. The molecule has 2 fully saturated rings. The van der Waals surface area contributed by atoms with Crippen LogP contribution < -0.4 is 16.0 Å². The fourth-order valence-corrected chi connectivity index (χ4v) is 3.94. The standard InChI is InChI=1S/C20H26Cl2N4O4/c1-11(18(28)24-13-3-2-4-13)23-20(30)26-7-5-14(6-8-26)25-19(29)15-9-12(21)10-16(22)17(15)27/h9-11,13-14,27H,2-8H2,1H3,(H,23,30)(H,24,28)(H,25,29)/t11-/m1/s1. The van der Waals surface area contributed by atoms with Gasteiger partial charge in [0.1, 0.15) is 11.8 Å². The summed E-state index contributed by atoms with van der Waals surface area (Å²) < 4.78 is 0. The molecule has 3 rings (SSSR count). The van der Waals surface area contributed by atoms with Crippen LogP contribution >= 0.6 is 23.2 Å². The highest BCUT2D eigenvalue weighted by Gasteiger charge is 2.28. The number of hydrogen-bond donors (Lipinski definition) is 4. The van der Waals surface area contributed by atoms with Crippen LogP contribution in [-0.4, -0.2) is 59.1 Å². The lowest BCUT2D eigenvalue weighted by Crippen LogP contribution is -2.55. The van der Waals surface area contributed by atoms with E-state index in [0.29, 0.717) is 25.9 Å². The number of urea groups is 1. The van der Waals surface area contributed by atoms with Gasteiger partial charge in [0, 0.05) is 30.2 Å². The number of halogens is 2. The van der Waals surface area contributed by atoms with Crippen molar-refractivity contribution in [3.05, 3.63) is 27.7 Å². The first-order valence-electron chi connectivity index (χ1n) is 10.1. The lowest BCUT2D eigenvalue weighted by atomic mass is 9.93. The van der Waals surface area contributed by atoms with E-state index in [0.717, 1.165) is 19.3 Å². The minimum Gasteiger partial charge on any atom is -0.506 e. The molecule has 10 heteroatoms. The monoisotopic (exact) mass is 456 g/mol. The van der Waals surface area contributed by atoms with Gasteiger partial charge in [0.15, 0.2) is 0 Å². The van der Waals surface area contributed by atoms with Gasteiger partial charge in [0.05, 0.1) is 10.6 Å². The van der Waals surface area contributed by atoms with Gasteiger partial charge in [-0.05, 0) is 51.2 Å². The van der Waals surface area contributed by atoms with E-state index in [2.05, 4.69) is 16.0 Å². The van der Waals surface area contributed by atoms with Crippen LogP contribution in [0.25, 0.3) is 0 Å². The number of aromatic hydroxyl groups is 1. The van der Waals surface area contributed by atoms with Crippen molar-refractivity contribution >= 4 is 41.0 Å². The first-order valence-corrected chi connectivity index (χ1v) is 10.8. The zero-order chi connectivity index (χ0) is 21.8. The Bertz CT molecular complexity index is 823. The van der Waals surface area contributed by atoms with Crippen molar-refractivity contribution in [3.63, 3.8) is 0 Å². The molecule has 0 radical (unpaired) electrons. The van der Waals surface area contributed by atoms with Crippen LogP contribution in [0.3, 0.4) is 0 Å². The third-order valence-electron chi connectivity index (χ3n) is 5.58. The molecule has 1 aromatic rings. The Morgan fingerprint density at radius 3 is 2.30 bits per heavy atom. The molecule has 1 aliphatic carbocycles. The van der Waals surface area contributed by atoms with Crippen molar-refractivity contribution in [2.24, 2.45) is 0 Å². The molecule has 1 saturated heterocycles. The van der Waals surface area contributed by atoms with E-state index >= 15 is 0 Å². The Labute approximate surface area is 185 Å². The third kappa shape index (κ3) is 5.49. The summed E-state index contributed by atoms with van der Waals surface area (Å²) in [5.74, 6) is -0.958. The average Bonchev–Trinajstić information content (AvgIpc) is 2.67. The molecule has 4 amide bonds. The molecule has 0 spiro atoms. The van der Waals surface area contributed by atoms with Gasteiger partial charge >= 0.3 is 6.03 Å². The van der Waals surface area contributed by atoms with E-state index in [9.17, 15) is 19.5 Å². The summed E-state index contributed by atoms with van der Waals surface area (Å²) in [6, 6.07) is 1.89. The second kappa shape index (κ2) is 9.75. The number of phenolic OH excluding ortho intramolecular Hbond substituents is 1. The SMILES string of the molecule is C[C@@H](NC(=O)N1CCC(NC(=O)c2cc(Cl)cc(Cl)c2O)CC1)C(=O)NC1CCC1. The van der Waals surface area contributed by atoms with Gasteiger partial charge in [-0.15, -0.1) is 0 Å². The number of piperidine rings is 1. The predicted molar refractivity (Wildman–Crippen MR) is 114 cm³/mol. The Morgan fingerprint density at radius 1 is 1.07 bits per heavy atom. The van der Waals surface area contributed by atoms with Crippen LogP contribution in [0.1, 0.15) is 49.4 Å². The molecule has 8 nitrogen and oxygen atoms in total. The van der Waals surface area contributed by atoms with E-state index in [1.807, 2.05) is 0 Å². The Morgan fingerprint density at radius 2 is 1.70 bits per heavy atom. The summed E-state index contributed by atoms with van der Waals surface area (Å²) in [4.78, 5) is 38.6. The highest BCUT2D eigenvalue weighted by molar-refractivity contribution is 6.36. The number of benzene rings is 1. The molecule has 1 heterocycles. The Kier molecular flexibility index (Phi) is 7.31. The van der Waals surface area contributed by atoms with Crippen molar-refractivity contribution < 1.29 is 19.5 Å². The van der Waals surface area contributed by atoms with Gasteiger partial charge in [-0.3, -0.25) is 9.59 Å². The predicted octanol–water partition coefficient (Wildman–Crippen LogP) is 2.66. The number of likely N-dealkylation sites (tertiary alicyclic amines) is 1. The highest BCUT2D eigenvalue weighted by atomic mass is 35.5. The van der Waals surface area contributed by atoms with Crippen LogP contribution in [0.15, 0.2) is 12.1 Å². The van der Waals surface area contributed by atoms with Crippen molar-refractivity contribution in [1.82, 2.24) is 20.9 Å². The molecule has 1 atom stereocenters. The maximum Gasteiger partial charge on any atom is 0.318 e. The minimum absolute atomic E-state index is 0.00889. The zero-order valence-electron chi connectivity index (χ0n) is 16.7. The summed E-state index contributed by atoms with van der Waals surface area (Å²) in [7, 11) is 0. The van der Waals surface area contributed by atoms with Crippen LogP contribution in [0.5, 0.6) is 5.75 Å². The quantitative estimate of drug-likeness (QED) is 0.545. The summed E-state index contributed by atoms with van der Waals surface area (Å²) in [5.41, 5.74) is 0.0129. The van der Waals surface area contributed by atoms with Gasteiger partial charge in [0.2, 0.25) is 5.91 Å². The number of hydrogen-bond acceptors (Lipinski definition) is 4. The molecule has 2 aliphatic rings. The van der Waals surface area contributed by atoms with Gasteiger partial charge in [-0.25, -0.2) is 4.79 Å². The van der Waals surface area contributed by atoms with Crippen molar-refractivity contribution in [2.45, 2.75) is 57.2 Å². The third-order valence-corrected chi connectivity index (χ3v) is 6.08. The Hall–Kier alpha value is -2.19.